The van der Waals surface area contributed by atoms with Gasteiger partial charge in [0.2, 0.25) is 0 Å². The van der Waals surface area contributed by atoms with Gasteiger partial charge in [0.1, 0.15) is 0 Å². The fourth-order valence-corrected chi connectivity index (χ4v) is 3.30. The zero-order chi connectivity index (χ0) is 21.6. The van der Waals surface area contributed by atoms with E-state index in [0.717, 1.165) is 18.2 Å². The Kier molecular flexibility index (Phi) is 8.01. The lowest BCUT2D eigenvalue weighted by Crippen LogP contribution is -2.43. The third-order valence-electron chi connectivity index (χ3n) is 4.16. The molecule has 2 rings (SSSR count). The maximum Gasteiger partial charge on any atom is 0.394 e. The highest BCUT2D eigenvalue weighted by Crippen LogP contribution is 2.30. The Morgan fingerprint density at radius 3 is 2.45 bits per heavy atom. The Morgan fingerprint density at radius 1 is 1.14 bits per heavy atom. The lowest BCUT2D eigenvalue weighted by molar-refractivity contribution is -0.152. The van der Waals surface area contributed by atoms with Gasteiger partial charge in [0, 0.05) is 28.1 Å². The number of nitrogens with one attached hydrogen (secondary N) is 1. The number of aliphatic carboxylic acids is 1. The van der Waals surface area contributed by atoms with E-state index >= 15 is 0 Å². The van der Waals surface area contributed by atoms with Crippen molar-refractivity contribution < 1.29 is 29.3 Å². The van der Waals surface area contributed by atoms with Crippen molar-refractivity contribution in [3.8, 4) is 11.1 Å². The first-order valence-corrected chi connectivity index (χ1v) is 9.31. The topological polar surface area (TPSA) is 113 Å². The molecule has 0 radical (unpaired) electrons. The van der Waals surface area contributed by atoms with Gasteiger partial charge in [0.25, 0.3) is 0 Å². The van der Waals surface area contributed by atoms with Crippen LogP contribution >= 0.6 is 23.2 Å². The molecular formula is C20H19Cl2NO6. The highest BCUT2D eigenvalue weighted by Gasteiger charge is 2.25. The monoisotopic (exact) mass is 439 g/mol. The number of halogens is 2. The van der Waals surface area contributed by atoms with Gasteiger partial charge in [-0.2, -0.15) is 0 Å². The van der Waals surface area contributed by atoms with Gasteiger partial charge in [0.05, 0.1) is 7.11 Å². The molecule has 7 nitrogen and oxygen atoms in total. The second-order valence-electron chi connectivity index (χ2n) is 6.28. The molecule has 29 heavy (non-hydrogen) atoms. The molecule has 9 heteroatoms. The average Bonchev–Trinajstić information content (AvgIpc) is 2.67. The summed E-state index contributed by atoms with van der Waals surface area (Å²) < 4.78 is 4.46. The first kappa shape index (κ1) is 22.7. The molecule has 0 spiro atoms. The van der Waals surface area contributed by atoms with Crippen LogP contribution in [0.4, 0.5) is 0 Å². The van der Waals surface area contributed by atoms with Crippen LogP contribution in [-0.4, -0.2) is 47.3 Å². The van der Waals surface area contributed by atoms with Crippen LogP contribution in [0.15, 0.2) is 42.5 Å². The van der Waals surface area contributed by atoms with E-state index in [0.29, 0.717) is 15.6 Å². The number of hydrogen-bond donors (Lipinski definition) is 3. The minimum absolute atomic E-state index is 0.141. The molecule has 0 aromatic heterocycles. The van der Waals surface area contributed by atoms with Crippen LogP contribution in [0.2, 0.25) is 10.0 Å². The number of aliphatic hydroxyl groups is 1. The molecule has 1 amide bonds. The number of carboxylic acids is 1. The highest BCUT2D eigenvalue weighted by atomic mass is 35.5. The van der Waals surface area contributed by atoms with Gasteiger partial charge in [0.15, 0.2) is 6.10 Å². The summed E-state index contributed by atoms with van der Waals surface area (Å²) in [6, 6.07) is 11.5. The van der Waals surface area contributed by atoms with E-state index in [2.05, 4.69) is 10.1 Å². The molecule has 0 fully saturated rings. The standard InChI is InChI=1S/C20H19Cl2NO6/c1-29-20(28)17(24)10-14(23-18(25)19(26)27)7-11-5-6-15(16(22)8-11)12-3-2-4-13(21)9-12/h2-6,8-9,14,17,24H,7,10H2,1H3,(H,23,25)(H,26,27). The third-order valence-corrected chi connectivity index (χ3v) is 4.71. The van der Waals surface area contributed by atoms with E-state index in [9.17, 15) is 19.5 Å². The Morgan fingerprint density at radius 2 is 1.86 bits per heavy atom. The number of esters is 1. The molecule has 0 aliphatic rings. The van der Waals surface area contributed by atoms with Crippen LogP contribution in [0.5, 0.6) is 0 Å². The molecule has 0 heterocycles. The summed E-state index contributed by atoms with van der Waals surface area (Å²) in [5.74, 6) is -3.79. The maximum absolute atomic E-state index is 11.6. The van der Waals surface area contributed by atoms with Gasteiger partial charge in [-0.1, -0.05) is 47.5 Å². The first-order chi connectivity index (χ1) is 13.7. The number of hydrogen-bond acceptors (Lipinski definition) is 5. The van der Waals surface area contributed by atoms with Crippen molar-refractivity contribution in [2.75, 3.05) is 7.11 Å². The summed E-state index contributed by atoms with van der Waals surface area (Å²) in [6.07, 6.45) is -1.59. The number of aliphatic hydroxyl groups excluding tert-OH is 1. The minimum Gasteiger partial charge on any atom is -0.474 e. The van der Waals surface area contributed by atoms with Crippen molar-refractivity contribution in [2.24, 2.45) is 0 Å². The van der Waals surface area contributed by atoms with E-state index < -0.39 is 30.0 Å². The summed E-state index contributed by atoms with van der Waals surface area (Å²) in [5, 5.41) is 22.0. The normalized spacial score (nSPS) is 12.7. The van der Waals surface area contributed by atoms with Crippen LogP contribution in [-0.2, 0) is 25.5 Å². The van der Waals surface area contributed by atoms with Crippen molar-refractivity contribution in [1.82, 2.24) is 5.32 Å². The van der Waals surface area contributed by atoms with Gasteiger partial charge < -0.3 is 20.3 Å². The number of rotatable bonds is 7. The molecule has 154 valence electrons. The Hall–Kier alpha value is -2.61. The average molecular weight is 440 g/mol. The zero-order valence-corrected chi connectivity index (χ0v) is 16.9. The van der Waals surface area contributed by atoms with E-state index in [1.165, 1.54) is 0 Å². The van der Waals surface area contributed by atoms with Crippen LogP contribution in [0.25, 0.3) is 11.1 Å². The Balaban J connectivity index is 2.22. The molecule has 0 aliphatic heterocycles. The van der Waals surface area contributed by atoms with Crippen molar-refractivity contribution in [3.05, 3.63) is 58.1 Å². The molecule has 0 bridgehead atoms. The van der Waals surface area contributed by atoms with Gasteiger partial charge in [-0.05, 0) is 35.7 Å². The molecule has 2 unspecified atom stereocenters. The minimum atomic E-state index is -1.67. The van der Waals surface area contributed by atoms with Gasteiger partial charge in [-0.25, -0.2) is 9.59 Å². The highest BCUT2D eigenvalue weighted by molar-refractivity contribution is 6.34. The van der Waals surface area contributed by atoms with Crippen LogP contribution in [0, 0.1) is 0 Å². The molecule has 2 aromatic rings. The summed E-state index contributed by atoms with van der Waals surface area (Å²) in [6.45, 7) is 0. The number of methoxy groups -OCH3 is 1. The number of carbonyl (C=O) groups is 3. The predicted molar refractivity (Wildman–Crippen MR) is 108 cm³/mol. The summed E-state index contributed by atoms with van der Waals surface area (Å²) >= 11 is 12.4. The van der Waals surface area contributed by atoms with Gasteiger partial charge in [-0.15, -0.1) is 0 Å². The van der Waals surface area contributed by atoms with Crippen LogP contribution in [0.1, 0.15) is 12.0 Å². The molecule has 2 aromatic carbocycles. The Bertz CT molecular complexity index is 918. The number of amides is 1. The molecule has 3 N–H and O–H groups in total. The van der Waals surface area contributed by atoms with E-state index in [4.69, 9.17) is 28.3 Å². The number of carboxylic acid groups (broad SMARTS) is 1. The fraction of sp³-hybridized carbons (Fsp3) is 0.250. The van der Waals surface area contributed by atoms with Crippen molar-refractivity contribution in [3.63, 3.8) is 0 Å². The van der Waals surface area contributed by atoms with Gasteiger partial charge >= 0.3 is 17.8 Å². The molecule has 2 atom stereocenters. The zero-order valence-electron chi connectivity index (χ0n) is 15.4. The smallest absolute Gasteiger partial charge is 0.394 e. The fourth-order valence-electron chi connectivity index (χ4n) is 2.80. The molecular weight excluding hydrogens is 421 g/mol. The van der Waals surface area contributed by atoms with Gasteiger partial charge in [-0.3, -0.25) is 4.79 Å². The van der Waals surface area contributed by atoms with Crippen molar-refractivity contribution in [1.29, 1.82) is 0 Å². The maximum atomic E-state index is 11.6. The lowest BCUT2D eigenvalue weighted by Gasteiger charge is -2.20. The summed E-state index contributed by atoms with van der Waals surface area (Å²) in [7, 11) is 1.12. The van der Waals surface area contributed by atoms with Crippen LogP contribution < -0.4 is 5.32 Å². The summed E-state index contributed by atoms with van der Waals surface area (Å²) in [5.41, 5.74) is 2.25. The number of ether oxygens (including phenoxy) is 1. The lowest BCUT2D eigenvalue weighted by atomic mass is 9.97. The number of benzene rings is 2. The largest absolute Gasteiger partial charge is 0.474 e. The SMILES string of the molecule is COC(=O)C(O)CC(Cc1ccc(-c2cccc(Cl)c2)c(Cl)c1)NC(=O)C(=O)O. The molecule has 0 saturated heterocycles. The van der Waals surface area contributed by atoms with E-state index in [1.54, 1.807) is 36.4 Å². The van der Waals surface area contributed by atoms with E-state index in [-0.39, 0.29) is 12.8 Å². The quantitative estimate of drug-likeness (QED) is 0.451. The third kappa shape index (κ3) is 6.45. The molecule has 0 saturated carbocycles. The van der Waals surface area contributed by atoms with Crippen molar-refractivity contribution in [2.45, 2.75) is 25.0 Å². The van der Waals surface area contributed by atoms with Crippen molar-refractivity contribution >= 4 is 41.0 Å². The van der Waals surface area contributed by atoms with E-state index in [1.807, 2.05) is 6.07 Å². The predicted octanol–water partition coefficient (Wildman–Crippen LogP) is 2.70. The Labute approximate surface area is 177 Å². The first-order valence-electron chi connectivity index (χ1n) is 8.55. The second kappa shape index (κ2) is 10.2. The molecule has 0 aliphatic carbocycles. The van der Waals surface area contributed by atoms with Crippen LogP contribution in [0.3, 0.4) is 0 Å². The number of carbonyl (C=O) groups excluding carboxylic acids is 2. The second-order valence-corrected chi connectivity index (χ2v) is 7.12. The summed E-state index contributed by atoms with van der Waals surface area (Å²) in [4.78, 5) is 33.9.